The number of aromatic nitrogens is 2. The summed E-state index contributed by atoms with van der Waals surface area (Å²) in [5.74, 6) is -11.6. The van der Waals surface area contributed by atoms with E-state index in [1.807, 2.05) is 0 Å². The first-order valence-corrected chi connectivity index (χ1v) is 24.8. The second-order valence-corrected chi connectivity index (χ2v) is 21.9. The van der Waals surface area contributed by atoms with Crippen molar-refractivity contribution in [3.05, 3.63) is 142 Å². The predicted molar refractivity (Wildman–Crippen MR) is 231 cm³/mol. The van der Waals surface area contributed by atoms with Crippen molar-refractivity contribution in [1.29, 1.82) is 0 Å². The van der Waals surface area contributed by atoms with Gasteiger partial charge in [-0.1, -0.05) is 46.9 Å². The summed E-state index contributed by atoms with van der Waals surface area (Å²) in [6.07, 6.45) is 0.568. The molecule has 354 valence electrons. The first-order chi connectivity index (χ1) is 32.2. The van der Waals surface area contributed by atoms with Gasteiger partial charge < -0.3 is 9.47 Å². The molecule has 4 unspecified atom stereocenters. The Morgan fingerprint density at radius 1 is 0.574 bits per heavy atom. The number of carbonyl (C=O) groups excluding carboxylic acids is 4. The number of carbonyl (C=O) groups is 4. The van der Waals surface area contributed by atoms with Crippen LogP contribution in [-0.2, 0) is 50.1 Å². The molecule has 2 saturated carbocycles. The van der Waals surface area contributed by atoms with Crippen molar-refractivity contribution in [2.45, 2.75) is 70.0 Å². The Morgan fingerprint density at radius 3 is 1.24 bits per heavy atom. The van der Waals surface area contributed by atoms with E-state index in [4.69, 9.17) is 9.47 Å². The SMILES string of the molecule is O=C1CCC(S(=O)(=O)c2ccc(C(Oc3ccc(F)cc3F)(C(=O)Nc3ncc(F)s3)C(Oc3ccc(F)cc3F)(C(=O)Nc3ncc(F)s3)c3ccc(S(=O)(=O)C4CCC(=O)C4)cc3)cc2)C1. The molecule has 2 amide bonds. The molecule has 0 bridgehead atoms. The van der Waals surface area contributed by atoms with Gasteiger partial charge in [0, 0.05) is 48.9 Å². The Bertz CT molecular complexity index is 3000. The van der Waals surface area contributed by atoms with Gasteiger partial charge in [-0.15, -0.1) is 0 Å². The fourth-order valence-electron chi connectivity index (χ4n) is 8.02. The zero-order valence-electron chi connectivity index (χ0n) is 34.5. The van der Waals surface area contributed by atoms with Gasteiger partial charge in [-0.3, -0.25) is 29.8 Å². The molecule has 2 aromatic heterocycles. The van der Waals surface area contributed by atoms with Crippen LogP contribution in [0.25, 0.3) is 0 Å². The van der Waals surface area contributed by atoms with Gasteiger partial charge in [-0.2, -0.15) is 8.78 Å². The van der Waals surface area contributed by atoms with E-state index in [2.05, 4.69) is 20.6 Å². The molecule has 68 heavy (non-hydrogen) atoms. The third-order valence-corrected chi connectivity index (χ3v) is 17.1. The van der Waals surface area contributed by atoms with Crippen LogP contribution in [0.3, 0.4) is 0 Å². The van der Waals surface area contributed by atoms with Gasteiger partial charge in [-0.25, -0.2) is 44.4 Å². The summed E-state index contributed by atoms with van der Waals surface area (Å²) in [5.41, 5.74) is -8.50. The molecule has 4 atom stereocenters. The van der Waals surface area contributed by atoms with Crippen molar-refractivity contribution < 1.29 is 71.8 Å². The molecule has 2 aliphatic rings. The number of ketones is 2. The molecule has 2 N–H and O–H groups in total. The first kappa shape index (κ1) is 48.0. The summed E-state index contributed by atoms with van der Waals surface area (Å²) in [6, 6.07) is 10.6. The Labute approximate surface area is 390 Å². The zero-order valence-corrected chi connectivity index (χ0v) is 37.8. The Hall–Kier alpha value is -6.50. The number of anilines is 2. The van der Waals surface area contributed by atoms with Crippen molar-refractivity contribution in [3.8, 4) is 11.5 Å². The number of rotatable bonds is 15. The highest BCUT2D eigenvalue weighted by atomic mass is 32.2. The average Bonchev–Trinajstić information content (AvgIpc) is 4.13. The number of nitrogens with one attached hydrogen (secondary N) is 2. The molecular formula is C44H32F6N4O10S4. The van der Waals surface area contributed by atoms with Crippen LogP contribution in [0.1, 0.15) is 49.7 Å². The molecule has 2 fully saturated rings. The third kappa shape index (κ3) is 8.99. The quantitative estimate of drug-likeness (QED) is 0.0948. The van der Waals surface area contributed by atoms with Crippen LogP contribution in [0.5, 0.6) is 11.5 Å². The fraction of sp³-hybridized carbons (Fsp3) is 0.227. The van der Waals surface area contributed by atoms with E-state index in [-0.39, 0.29) is 72.8 Å². The van der Waals surface area contributed by atoms with Crippen molar-refractivity contribution >= 4 is 76.0 Å². The van der Waals surface area contributed by atoms with E-state index in [0.29, 0.717) is 48.8 Å². The lowest BCUT2D eigenvalue weighted by molar-refractivity contribution is -0.173. The fourth-order valence-corrected chi connectivity index (χ4v) is 12.6. The number of hydrogen-bond donors (Lipinski definition) is 2. The van der Waals surface area contributed by atoms with Gasteiger partial charge in [-0.05, 0) is 61.4 Å². The van der Waals surface area contributed by atoms with Crippen molar-refractivity contribution in [3.63, 3.8) is 0 Å². The largest absolute Gasteiger partial charge is 0.464 e. The monoisotopic (exact) mass is 1020 g/mol. The Morgan fingerprint density at radius 2 is 0.941 bits per heavy atom. The van der Waals surface area contributed by atoms with Gasteiger partial charge in [0.25, 0.3) is 23.0 Å². The topological polar surface area (TPSA) is 205 Å². The number of amides is 2. The summed E-state index contributed by atoms with van der Waals surface area (Å²) < 4.78 is 159. The second kappa shape index (κ2) is 18.5. The minimum absolute atomic E-state index is 0.0313. The standard InChI is InChI=1S/C44H32F6N4O10S4/c45-25-5-15-35(33(47)17-25)63-43(39(57)53-41-51-21-37(49)65-41,23-1-9-29(10-2-23)67(59,60)31-13-7-27(55)19-31)44(40(58)54-42-52-22-38(50)66-42,64-36-16-6-26(46)18-34(36)48)24-3-11-30(12-4-24)68(61,62)32-14-8-28(56)20-32/h1-6,9-12,15-18,21-22,31-32H,7-8,13-14,19-20H2,(H,51,53,57)(H,52,54,58). The van der Waals surface area contributed by atoms with Gasteiger partial charge in [0.1, 0.15) is 23.2 Å². The van der Waals surface area contributed by atoms with E-state index in [1.165, 1.54) is 0 Å². The molecular weight excluding hydrogens is 987 g/mol. The van der Waals surface area contributed by atoms with Gasteiger partial charge >= 0.3 is 0 Å². The van der Waals surface area contributed by atoms with Crippen LogP contribution in [0.2, 0.25) is 0 Å². The second-order valence-electron chi connectivity index (χ2n) is 15.5. The molecule has 0 aliphatic heterocycles. The van der Waals surface area contributed by atoms with Crippen LogP contribution in [0.15, 0.2) is 107 Å². The van der Waals surface area contributed by atoms with Crippen molar-refractivity contribution in [2.24, 2.45) is 0 Å². The molecule has 0 saturated heterocycles. The lowest BCUT2D eigenvalue weighted by atomic mass is 9.71. The van der Waals surface area contributed by atoms with Crippen molar-refractivity contribution in [1.82, 2.24) is 9.97 Å². The number of sulfone groups is 2. The zero-order chi connectivity index (χ0) is 48.8. The number of thiazole rings is 2. The highest BCUT2D eigenvalue weighted by Gasteiger charge is 2.69. The maximum Gasteiger partial charge on any atom is 0.280 e. The minimum atomic E-state index is -4.33. The first-order valence-electron chi connectivity index (χ1n) is 20.1. The van der Waals surface area contributed by atoms with Crippen LogP contribution >= 0.6 is 22.7 Å². The molecule has 24 heteroatoms. The molecule has 6 aromatic rings. The van der Waals surface area contributed by atoms with Gasteiger partial charge in [0.15, 0.2) is 63.3 Å². The highest BCUT2D eigenvalue weighted by Crippen LogP contribution is 2.51. The normalized spacial score (nSPS) is 18.1. The minimum Gasteiger partial charge on any atom is -0.464 e. The summed E-state index contributed by atoms with van der Waals surface area (Å²) in [5, 5.41) is -0.903. The molecule has 14 nitrogen and oxygen atoms in total. The maximum absolute atomic E-state index is 16.2. The number of nitrogens with zero attached hydrogens (tertiary/aromatic N) is 2. The summed E-state index contributed by atoms with van der Waals surface area (Å²) in [4.78, 5) is 62.5. The van der Waals surface area contributed by atoms with E-state index in [9.17, 15) is 44.0 Å². The van der Waals surface area contributed by atoms with Crippen molar-refractivity contribution in [2.75, 3.05) is 10.6 Å². The van der Waals surface area contributed by atoms with Crippen LogP contribution in [0.4, 0.5) is 36.6 Å². The molecule has 2 aliphatic carbocycles. The molecule has 8 rings (SSSR count). The number of halogens is 6. The number of hydrogen-bond acceptors (Lipinski definition) is 14. The van der Waals surface area contributed by atoms with Gasteiger partial charge in [0.05, 0.1) is 32.7 Å². The predicted octanol–water partition coefficient (Wildman–Crippen LogP) is 7.75. The molecule has 0 spiro atoms. The summed E-state index contributed by atoms with van der Waals surface area (Å²) in [7, 11) is -8.66. The Balaban J connectivity index is 1.49. The van der Waals surface area contributed by atoms with E-state index >= 15 is 18.4 Å². The average molecular weight is 1020 g/mol. The summed E-state index contributed by atoms with van der Waals surface area (Å²) >= 11 is 0.449. The van der Waals surface area contributed by atoms with E-state index in [1.54, 1.807) is 0 Å². The molecule has 0 radical (unpaired) electrons. The Kier molecular flexibility index (Phi) is 13.1. The van der Waals surface area contributed by atoms with E-state index < -0.39 is 129 Å². The van der Waals surface area contributed by atoms with Gasteiger partial charge in [0.2, 0.25) is 0 Å². The van der Waals surface area contributed by atoms with Crippen LogP contribution in [-0.4, -0.2) is 60.7 Å². The molecule has 4 aromatic carbocycles. The lowest BCUT2D eigenvalue weighted by Gasteiger charge is -2.47. The number of ether oxygens (including phenoxy) is 2. The number of benzene rings is 4. The lowest BCUT2D eigenvalue weighted by Crippen LogP contribution is -2.68. The third-order valence-electron chi connectivity index (χ3n) is 11.3. The number of Topliss-reactive ketones (excluding diaryl/α,β-unsaturated/α-hetero) is 2. The van der Waals surface area contributed by atoms with Crippen LogP contribution < -0.4 is 20.1 Å². The van der Waals surface area contributed by atoms with E-state index in [0.717, 1.165) is 48.5 Å². The maximum atomic E-state index is 16.2. The summed E-state index contributed by atoms with van der Waals surface area (Å²) in [6.45, 7) is 0. The highest BCUT2D eigenvalue weighted by molar-refractivity contribution is 7.92. The smallest absolute Gasteiger partial charge is 0.280 e. The molecule has 2 heterocycles. The van der Waals surface area contributed by atoms with Crippen LogP contribution in [0, 0.1) is 33.5 Å².